The molecule has 2 heterocycles. The molecule has 7 heteroatoms. The van der Waals surface area contributed by atoms with E-state index in [0.29, 0.717) is 16.9 Å². The van der Waals surface area contributed by atoms with Crippen LogP contribution in [0.3, 0.4) is 0 Å². The summed E-state index contributed by atoms with van der Waals surface area (Å²) in [6, 6.07) is 14.7. The van der Waals surface area contributed by atoms with E-state index in [1.165, 1.54) is 6.34 Å². The standard InChI is InChI=1S/C23H22N6O/c24-15-29(20-7-2-8-20)22(25)17-4-1-6-19(12-17)28-23(30)21-13-16(9-11-27-21)18-5-3-10-26-14-18/h1,3-6,9-15,20,24-25H,2,7-8H2,(H,28,30). The highest BCUT2D eigenvalue weighted by Gasteiger charge is 2.26. The molecule has 0 atom stereocenters. The Morgan fingerprint density at radius 3 is 2.67 bits per heavy atom. The Balaban J connectivity index is 1.51. The molecule has 1 fully saturated rings. The molecule has 150 valence electrons. The fourth-order valence-corrected chi connectivity index (χ4v) is 3.37. The highest BCUT2D eigenvalue weighted by Crippen LogP contribution is 2.26. The van der Waals surface area contributed by atoms with E-state index < -0.39 is 0 Å². The van der Waals surface area contributed by atoms with Gasteiger partial charge in [-0.25, -0.2) is 0 Å². The quantitative estimate of drug-likeness (QED) is 0.428. The molecule has 0 radical (unpaired) electrons. The fourth-order valence-electron chi connectivity index (χ4n) is 3.37. The van der Waals surface area contributed by atoms with Crippen LogP contribution in [-0.4, -0.2) is 39.0 Å². The summed E-state index contributed by atoms with van der Waals surface area (Å²) in [5.41, 5.74) is 3.30. The molecule has 3 aromatic rings. The van der Waals surface area contributed by atoms with Gasteiger partial charge in [0, 0.05) is 41.4 Å². The number of hydrogen-bond acceptors (Lipinski definition) is 5. The smallest absolute Gasteiger partial charge is 0.274 e. The molecule has 1 saturated carbocycles. The first kappa shape index (κ1) is 19.4. The summed E-state index contributed by atoms with van der Waals surface area (Å²) in [4.78, 5) is 22.7. The van der Waals surface area contributed by atoms with Gasteiger partial charge in [0.2, 0.25) is 0 Å². The van der Waals surface area contributed by atoms with E-state index in [1.807, 2.05) is 24.3 Å². The number of carbonyl (C=O) groups excluding carboxylic acids is 1. The van der Waals surface area contributed by atoms with E-state index in [0.717, 1.165) is 30.4 Å². The third-order valence-electron chi connectivity index (χ3n) is 5.25. The van der Waals surface area contributed by atoms with E-state index in [-0.39, 0.29) is 17.8 Å². The number of rotatable bonds is 6. The fraction of sp³-hybridized carbons (Fsp3) is 0.174. The normalized spacial score (nSPS) is 13.2. The maximum Gasteiger partial charge on any atom is 0.274 e. The summed E-state index contributed by atoms with van der Waals surface area (Å²) in [5.74, 6) is -0.0603. The molecule has 1 amide bonds. The van der Waals surface area contributed by atoms with Crippen LogP contribution in [0.4, 0.5) is 5.69 Å². The van der Waals surface area contributed by atoms with Crippen molar-refractivity contribution in [1.29, 1.82) is 10.8 Å². The molecule has 7 nitrogen and oxygen atoms in total. The summed E-state index contributed by atoms with van der Waals surface area (Å²) >= 11 is 0. The SMILES string of the molecule is N=CN(C(=N)c1cccc(NC(=O)c2cc(-c3cccnc3)ccn2)c1)C1CCC1. The lowest BCUT2D eigenvalue weighted by atomic mass is 9.91. The van der Waals surface area contributed by atoms with Crippen molar-refractivity contribution in [3.05, 3.63) is 78.4 Å². The molecule has 0 unspecified atom stereocenters. The average molecular weight is 398 g/mol. The number of anilines is 1. The number of amidine groups is 1. The van der Waals surface area contributed by atoms with Crippen molar-refractivity contribution in [2.45, 2.75) is 25.3 Å². The van der Waals surface area contributed by atoms with Gasteiger partial charge < -0.3 is 10.2 Å². The number of pyridine rings is 2. The molecular weight excluding hydrogens is 376 g/mol. The van der Waals surface area contributed by atoms with Crippen molar-refractivity contribution >= 4 is 23.8 Å². The van der Waals surface area contributed by atoms with E-state index in [9.17, 15) is 4.79 Å². The molecule has 1 aromatic carbocycles. The minimum atomic E-state index is -0.327. The van der Waals surface area contributed by atoms with Gasteiger partial charge in [-0.05, 0) is 55.2 Å². The molecule has 0 aliphatic heterocycles. The molecule has 2 aromatic heterocycles. The van der Waals surface area contributed by atoms with Gasteiger partial charge in [0.1, 0.15) is 11.5 Å². The highest BCUT2D eigenvalue weighted by atomic mass is 16.1. The molecule has 30 heavy (non-hydrogen) atoms. The summed E-state index contributed by atoms with van der Waals surface area (Å²) < 4.78 is 0. The van der Waals surface area contributed by atoms with Gasteiger partial charge in [-0.3, -0.25) is 25.6 Å². The highest BCUT2D eigenvalue weighted by molar-refractivity contribution is 6.06. The largest absolute Gasteiger partial charge is 0.321 e. The minimum Gasteiger partial charge on any atom is -0.321 e. The number of nitrogens with one attached hydrogen (secondary N) is 3. The van der Waals surface area contributed by atoms with Crippen LogP contribution in [0.15, 0.2) is 67.1 Å². The maximum atomic E-state index is 12.7. The second-order valence-corrected chi connectivity index (χ2v) is 7.18. The predicted molar refractivity (Wildman–Crippen MR) is 117 cm³/mol. The zero-order valence-electron chi connectivity index (χ0n) is 16.4. The van der Waals surface area contributed by atoms with Gasteiger partial charge >= 0.3 is 0 Å². The van der Waals surface area contributed by atoms with Crippen molar-refractivity contribution in [2.75, 3.05) is 5.32 Å². The van der Waals surface area contributed by atoms with Crippen LogP contribution in [0.5, 0.6) is 0 Å². The van der Waals surface area contributed by atoms with Crippen molar-refractivity contribution in [3.8, 4) is 11.1 Å². The lowest BCUT2D eigenvalue weighted by Crippen LogP contribution is -2.43. The van der Waals surface area contributed by atoms with Crippen LogP contribution in [0.2, 0.25) is 0 Å². The monoisotopic (exact) mass is 398 g/mol. The number of carbonyl (C=O) groups is 1. The predicted octanol–water partition coefficient (Wildman–Crippen LogP) is 4.18. The van der Waals surface area contributed by atoms with Crippen LogP contribution >= 0.6 is 0 Å². The molecule has 3 N–H and O–H groups in total. The molecule has 0 bridgehead atoms. The zero-order valence-corrected chi connectivity index (χ0v) is 16.4. The van der Waals surface area contributed by atoms with Crippen molar-refractivity contribution in [2.24, 2.45) is 0 Å². The zero-order chi connectivity index (χ0) is 20.9. The first-order valence-electron chi connectivity index (χ1n) is 9.81. The van der Waals surface area contributed by atoms with Gasteiger partial charge in [-0.2, -0.15) is 0 Å². The average Bonchev–Trinajstić information content (AvgIpc) is 2.76. The lowest BCUT2D eigenvalue weighted by molar-refractivity contribution is 0.102. The summed E-state index contributed by atoms with van der Waals surface area (Å²) in [5, 5.41) is 19.0. The summed E-state index contributed by atoms with van der Waals surface area (Å²) in [7, 11) is 0. The molecular formula is C23H22N6O. The van der Waals surface area contributed by atoms with E-state index >= 15 is 0 Å². The Morgan fingerprint density at radius 1 is 1.10 bits per heavy atom. The molecule has 1 aliphatic carbocycles. The first-order chi connectivity index (χ1) is 14.7. The molecule has 1 aliphatic rings. The molecule has 4 rings (SSSR count). The van der Waals surface area contributed by atoms with Crippen LogP contribution in [-0.2, 0) is 0 Å². The number of nitrogens with zero attached hydrogens (tertiary/aromatic N) is 3. The second-order valence-electron chi connectivity index (χ2n) is 7.18. The Kier molecular flexibility index (Phi) is 5.61. The summed E-state index contributed by atoms with van der Waals surface area (Å²) in [6.07, 6.45) is 9.37. The number of benzene rings is 1. The number of hydrogen-bond donors (Lipinski definition) is 3. The topological polar surface area (TPSA) is 106 Å². The van der Waals surface area contributed by atoms with Gasteiger partial charge in [-0.15, -0.1) is 0 Å². The Hall–Kier alpha value is -3.87. The van der Waals surface area contributed by atoms with E-state index in [2.05, 4.69) is 15.3 Å². The van der Waals surface area contributed by atoms with Gasteiger partial charge in [0.15, 0.2) is 0 Å². The lowest BCUT2D eigenvalue weighted by Gasteiger charge is -2.36. The van der Waals surface area contributed by atoms with Crippen molar-refractivity contribution < 1.29 is 4.79 Å². The van der Waals surface area contributed by atoms with Gasteiger partial charge in [0.05, 0.1) is 6.34 Å². The summed E-state index contributed by atoms with van der Waals surface area (Å²) in [6.45, 7) is 0. The number of aromatic nitrogens is 2. The van der Waals surface area contributed by atoms with Crippen LogP contribution in [0.25, 0.3) is 11.1 Å². The third-order valence-corrected chi connectivity index (χ3v) is 5.25. The molecule has 0 saturated heterocycles. The van der Waals surface area contributed by atoms with Gasteiger partial charge in [0.25, 0.3) is 5.91 Å². The van der Waals surface area contributed by atoms with Crippen molar-refractivity contribution in [3.63, 3.8) is 0 Å². The Bertz CT molecular complexity index is 1080. The van der Waals surface area contributed by atoms with Gasteiger partial charge in [-0.1, -0.05) is 18.2 Å². The van der Waals surface area contributed by atoms with E-state index in [4.69, 9.17) is 10.8 Å². The second kappa shape index (κ2) is 8.65. The molecule has 0 spiro atoms. The third kappa shape index (κ3) is 4.10. The Morgan fingerprint density at radius 2 is 1.97 bits per heavy atom. The van der Waals surface area contributed by atoms with Crippen molar-refractivity contribution in [1.82, 2.24) is 14.9 Å². The first-order valence-corrected chi connectivity index (χ1v) is 9.81. The maximum absolute atomic E-state index is 12.7. The van der Waals surface area contributed by atoms with Crippen LogP contribution in [0.1, 0.15) is 35.3 Å². The van der Waals surface area contributed by atoms with Crippen LogP contribution in [0, 0.1) is 10.8 Å². The Labute approximate surface area is 174 Å². The van der Waals surface area contributed by atoms with Crippen LogP contribution < -0.4 is 5.32 Å². The number of amides is 1. The van der Waals surface area contributed by atoms with E-state index in [1.54, 1.807) is 47.8 Å². The minimum absolute atomic E-state index is 0.215.